The van der Waals surface area contributed by atoms with E-state index in [-0.39, 0.29) is 12.5 Å². The van der Waals surface area contributed by atoms with Crippen LogP contribution < -0.4 is 14.4 Å². The van der Waals surface area contributed by atoms with Gasteiger partial charge in [0, 0.05) is 18.1 Å². The summed E-state index contributed by atoms with van der Waals surface area (Å²) in [6.45, 7) is 1.51. The van der Waals surface area contributed by atoms with Crippen LogP contribution in [0.1, 0.15) is 18.9 Å². The Morgan fingerprint density at radius 1 is 1.16 bits per heavy atom. The first-order chi connectivity index (χ1) is 15.1. The number of likely N-dealkylation sites (N-methyl/N-ethyl adjacent to an activating group) is 1. The van der Waals surface area contributed by atoms with Crippen molar-refractivity contribution in [2.24, 2.45) is 0 Å². The van der Waals surface area contributed by atoms with Crippen LogP contribution in [0.2, 0.25) is 0 Å². The molecule has 2 aromatic rings. The number of carbonyl (C=O) groups excluding carboxylic acids is 2. The Kier molecular flexibility index (Phi) is 9.09. The first kappa shape index (κ1) is 25.7. The number of amides is 2. The van der Waals surface area contributed by atoms with E-state index in [1.165, 1.54) is 11.9 Å². The van der Waals surface area contributed by atoms with Crippen LogP contribution in [0.3, 0.4) is 0 Å². The largest absolute Gasteiger partial charge is 0.497 e. The van der Waals surface area contributed by atoms with Gasteiger partial charge in [0.1, 0.15) is 18.3 Å². The maximum atomic E-state index is 13.4. The predicted molar refractivity (Wildman–Crippen MR) is 128 cm³/mol. The van der Waals surface area contributed by atoms with E-state index in [0.29, 0.717) is 22.3 Å². The van der Waals surface area contributed by atoms with Gasteiger partial charge in [-0.15, -0.1) is 0 Å². The molecule has 8 nitrogen and oxygen atoms in total. The molecule has 0 unspecified atom stereocenters. The molecule has 0 aliphatic carbocycles. The standard InChI is InChI=1S/C22H28BrN3O5S/c1-5-20(22(28)24-2)25(14-16-9-11-19(31-3)12-10-16)21(27)15-26(32(4,29)30)18-8-6-7-17(23)13-18/h6-13,20H,5,14-15H2,1-4H3,(H,24,28)/t20-/m1/s1. The number of halogens is 1. The van der Waals surface area contributed by atoms with Crippen LogP contribution in [0, 0.1) is 0 Å². The number of nitrogens with zero attached hydrogens (tertiary/aromatic N) is 2. The van der Waals surface area contributed by atoms with Crippen LogP contribution in [0.4, 0.5) is 5.69 Å². The van der Waals surface area contributed by atoms with Gasteiger partial charge in [-0.1, -0.05) is 41.1 Å². The third kappa shape index (κ3) is 6.70. The summed E-state index contributed by atoms with van der Waals surface area (Å²) >= 11 is 3.33. The van der Waals surface area contributed by atoms with Gasteiger partial charge in [0.15, 0.2) is 0 Å². The smallest absolute Gasteiger partial charge is 0.244 e. The fraction of sp³-hybridized carbons (Fsp3) is 0.364. The Balaban J connectivity index is 2.41. The summed E-state index contributed by atoms with van der Waals surface area (Å²) in [5.74, 6) is -0.132. The van der Waals surface area contributed by atoms with Crippen molar-refractivity contribution in [2.75, 3.05) is 31.3 Å². The van der Waals surface area contributed by atoms with E-state index in [9.17, 15) is 18.0 Å². The number of anilines is 1. The fourth-order valence-electron chi connectivity index (χ4n) is 3.26. The topological polar surface area (TPSA) is 96.0 Å². The maximum absolute atomic E-state index is 13.4. The molecule has 32 heavy (non-hydrogen) atoms. The molecule has 0 aliphatic rings. The summed E-state index contributed by atoms with van der Waals surface area (Å²) in [6, 6.07) is 13.1. The summed E-state index contributed by atoms with van der Waals surface area (Å²) in [4.78, 5) is 27.3. The Hall–Kier alpha value is -2.59. The number of sulfonamides is 1. The molecular weight excluding hydrogens is 498 g/mol. The molecule has 2 rings (SSSR count). The summed E-state index contributed by atoms with van der Waals surface area (Å²) in [5.41, 5.74) is 1.14. The van der Waals surface area contributed by atoms with Gasteiger partial charge in [-0.25, -0.2) is 8.42 Å². The lowest BCUT2D eigenvalue weighted by Gasteiger charge is -2.32. The molecule has 0 spiro atoms. The van der Waals surface area contributed by atoms with Crippen molar-refractivity contribution in [1.82, 2.24) is 10.2 Å². The fourth-order valence-corrected chi connectivity index (χ4v) is 4.49. The Bertz CT molecular complexity index is 1040. The van der Waals surface area contributed by atoms with E-state index >= 15 is 0 Å². The first-order valence-electron chi connectivity index (χ1n) is 9.98. The highest BCUT2D eigenvalue weighted by molar-refractivity contribution is 9.10. The third-order valence-electron chi connectivity index (χ3n) is 4.92. The zero-order chi connectivity index (χ0) is 23.9. The van der Waals surface area contributed by atoms with E-state index in [1.807, 2.05) is 0 Å². The van der Waals surface area contributed by atoms with E-state index in [1.54, 1.807) is 62.6 Å². The molecule has 1 N–H and O–H groups in total. The van der Waals surface area contributed by atoms with Crippen LogP contribution in [-0.4, -0.2) is 58.1 Å². The number of rotatable bonds is 10. The lowest BCUT2D eigenvalue weighted by Crippen LogP contribution is -2.51. The molecule has 0 aromatic heterocycles. The molecular formula is C22H28BrN3O5S. The number of nitrogens with one attached hydrogen (secondary N) is 1. The van der Waals surface area contributed by atoms with Crippen molar-refractivity contribution >= 4 is 43.5 Å². The molecule has 0 fully saturated rings. The van der Waals surface area contributed by atoms with Gasteiger partial charge in [-0.2, -0.15) is 0 Å². The van der Waals surface area contributed by atoms with Crippen molar-refractivity contribution in [3.8, 4) is 5.75 Å². The van der Waals surface area contributed by atoms with Gasteiger partial charge < -0.3 is 15.0 Å². The van der Waals surface area contributed by atoms with Gasteiger partial charge in [0.25, 0.3) is 0 Å². The Labute approximate surface area is 197 Å². The summed E-state index contributed by atoms with van der Waals surface area (Å²) in [6.07, 6.45) is 1.42. The molecule has 0 saturated carbocycles. The predicted octanol–water partition coefficient (Wildman–Crippen LogP) is 2.78. The molecule has 2 amide bonds. The van der Waals surface area contributed by atoms with Crippen molar-refractivity contribution in [1.29, 1.82) is 0 Å². The molecule has 0 aliphatic heterocycles. The van der Waals surface area contributed by atoms with E-state index in [2.05, 4.69) is 21.2 Å². The average molecular weight is 526 g/mol. The number of ether oxygens (including phenoxy) is 1. The van der Waals surface area contributed by atoms with Gasteiger partial charge in [0.2, 0.25) is 21.8 Å². The average Bonchev–Trinajstić information content (AvgIpc) is 2.76. The zero-order valence-electron chi connectivity index (χ0n) is 18.5. The normalized spacial score (nSPS) is 12.0. The van der Waals surface area contributed by atoms with Gasteiger partial charge in [-0.05, 0) is 42.3 Å². The maximum Gasteiger partial charge on any atom is 0.244 e. The second-order valence-corrected chi connectivity index (χ2v) is 9.98. The highest BCUT2D eigenvalue weighted by Crippen LogP contribution is 2.23. The van der Waals surface area contributed by atoms with Crippen LogP contribution in [0.15, 0.2) is 53.0 Å². The number of benzene rings is 2. The second-order valence-electron chi connectivity index (χ2n) is 7.16. The molecule has 0 saturated heterocycles. The minimum Gasteiger partial charge on any atom is -0.497 e. The van der Waals surface area contributed by atoms with Crippen LogP contribution >= 0.6 is 15.9 Å². The second kappa shape index (κ2) is 11.3. The lowest BCUT2D eigenvalue weighted by molar-refractivity contribution is -0.140. The van der Waals surface area contributed by atoms with Gasteiger partial charge in [0.05, 0.1) is 19.1 Å². The molecule has 0 bridgehead atoms. The zero-order valence-corrected chi connectivity index (χ0v) is 20.9. The van der Waals surface area contributed by atoms with Gasteiger partial charge >= 0.3 is 0 Å². The highest BCUT2D eigenvalue weighted by Gasteiger charge is 2.31. The van der Waals surface area contributed by atoms with Crippen molar-refractivity contribution in [2.45, 2.75) is 25.9 Å². The Morgan fingerprint density at radius 3 is 2.31 bits per heavy atom. The van der Waals surface area contributed by atoms with Crippen molar-refractivity contribution < 1.29 is 22.7 Å². The summed E-state index contributed by atoms with van der Waals surface area (Å²) in [7, 11) is -0.689. The SMILES string of the molecule is CC[C@H](C(=O)NC)N(Cc1ccc(OC)cc1)C(=O)CN(c1cccc(Br)c1)S(C)(=O)=O. The minimum absolute atomic E-state index is 0.144. The number of carbonyl (C=O) groups is 2. The summed E-state index contributed by atoms with van der Waals surface area (Å²) in [5, 5.41) is 2.59. The van der Waals surface area contributed by atoms with Crippen molar-refractivity contribution in [3.05, 3.63) is 58.6 Å². The summed E-state index contributed by atoms with van der Waals surface area (Å²) < 4.78 is 31.9. The van der Waals surface area contributed by atoms with E-state index in [4.69, 9.17) is 4.74 Å². The third-order valence-corrected chi connectivity index (χ3v) is 6.55. The molecule has 174 valence electrons. The highest BCUT2D eigenvalue weighted by atomic mass is 79.9. The van der Waals surface area contributed by atoms with Crippen molar-refractivity contribution in [3.63, 3.8) is 0 Å². The number of methoxy groups -OCH3 is 1. The molecule has 1 atom stereocenters. The number of hydrogen-bond acceptors (Lipinski definition) is 5. The molecule has 10 heteroatoms. The van der Waals surface area contributed by atoms with Crippen LogP contribution in [-0.2, 0) is 26.2 Å². The monoisotopic (exact) mass is 525 g/mol. The molecule has 0 heterocycles. The molecule has 2 aromatic carbocycles. The minimum atomic E-state index is -3.76. The van der Waals surface area contributed by atoms with E-state index in [0.717, 1.165) is 16.1 Å². The quantitative estimate of drug-likeness (QED) is 0.514. The number of hydrogen-bond donors (Lipinski definition) is 1. The first-order valence-corrected chi connectivity index (χ1v) is 12.6. The van der Waals surface area contributed by atoms with Crippen LogP contribution in [0.5, 0.6) is 5.75 Å². The molecule has 0 radical (unpaired) electrons. The van der Waals surface area contributed by atoms with Crippen LogP contribution in [0.25, 0.3) is 0 Å². The van der Waals surface area contributed by atoms with Gasteiger partial charge in [-0.3, -0.25) is 13.9 Å². The van der Waals surface area contributed by atoms with E-state index < -0.39 is 28.5 Å². The lowest BCUT2D eigenvalue weighted by atomic mass is 10.1. The Morgan fingerprint density at radius 2 is 1.81 bits per heavy atom.